The number of hydrogen-bond donors (Lipinski definition) is 2. The van der Waals surface area contributed by atoms with Crippen LogP contribution in [0, 0.1) is 0 Å². The second-order valence-electron chi connectivity index (χ2n) is 3.10. The fourth-order valence-electron chi connectivity index (χ4n) is 1.11. The molecule has 0 heterocycles. The van der Waals surface area contributed by atoms with E-state index in [0.717, 1.165) is 11.8 Å². The van der Waals surface area contributed by atoms with Crippen LogP contribution < -0.4 is 10.2 Å². The molecule has 0 aliphatic carbocycles. The minimum Gasteiger partial charge on any atom is -0.305 e. The lowest BCUT2D eigenvalue weighted by molar-refractivity contribution is 0.0867. The standard InChI is InChI=1S/C9H14N2O3S/c1-14-10-7-8-4-3-5-9(6-8)11-15(2,12)13/h3-6,10-11H,7H2,1-2H3. The lowest BCUT2D eigenvalue weighted by Crippen LogP contribution is -2.12. The number of rotatable bonds is 5. The molecule has 0 aliphatic rings. The maximum absolute atomic E-state index is 11.0. The Hall–Kier alpha value is -1.11. The smallest absolute Gasteiger partial charge is 0.229 e. The normalized spacial score (nSPS) is 11.3. The van der Waals surface area contributed by atoms with Gasteiger partial charge in [-0.2, -0.15) is 5.48 Å². The largest absolute Gasteiger partial charge is 0.305 e. The summed E-state index contributed by atoms with van der Waals surface area (Å²) in [6.45, 7) is 0.524. The van der Waals surface area contributed by atoms with Gasteiger partial charge in [0.15, 0.2) is 0 Å². The Kier molecular flexibility index (Phi) is 4.07. The molecule has 0 saturated carbocycles. The molecule has 1 aromatic carbocycles. The lowest BCUT2D eigenvalue weighted by atomic mass is 10.2. The van der Waals surface area contributed by atoms with Crippen molar-refractivity contribution in [2.45, 2.75) is 6.54 Å². The molecule has 15 heavy (non-hydrogen) atoms. The molecule has 0 saturated heterocycles. The second-order valence-corrected chi connectivity index (χ2v) is 4.85. The first-order chi connectivity index (χ1) is 7.01. The van der Waals surface area contributed by atoms with E-state index in [1.54, 1.807) is 18.2 Å². The highest BCUT2D eigenvalue weighted by molar-refractivity contribution is 7.92. The first-order valence-corrected chi connectivity index (χ1v) is 6.23. The summed E-state index contributed by atoms with van der Waals surface area (Å²) in [5, 5.41) is 0. The number of sulfonamides is 1. The molecule has 6 heteroatoms. The van der Waals surface area contributed by atoms with Crippen molar-refractivity contribution in [1.82, 2.24) is 5.48 Å². The van der Waals surface area contributed by atoms with Crippen LogP contribution in [0.3, 0.4) is 0 Å². The molecule has 5 nitrogen and oxygen atoms in total. The van der Waals surface area contributed by atoms with E-state index in [2.05, 4.69) is 10.2 Å². The van der Waals surface area contributed by atoms with Gasteiger partial charge in [0.25, 0.3) is 0 Å². The van der Waals surface area contributed by atoms with Crippen LogP contribution in [0.5, 0.6) is 0 Å². The molecule has 0 spiro atoms. The van der Waals surface area contributed by atoms with E-state index >= 15 is 0 Å². The number of nitrogens with one attached hydrogen (secondary N) is 2. The van der Waals surface area contributed by atoms with E-state index in [4.69, 9.17) is 4.84 Å². The summed E-state index contributed by atoms with van der Waals surface area (Å²) in [4.78, 5) is 4.70. The van der Waals surface area contributed by atoms with Crippen molar-refractivity contribution >= 4 is 15.7 Å². The number of hydroxylamine groups is 1. The molecule has 0 bridgehead atoms. The molecule has 0 aliphatic heterocycles. The SMILES string of the molecule is CONCc1cccc(NS(C)(=O)=O)c1. The first kappa shape index (κ1) is 12.0. The van der Waals surface area contributed by atoms with Gasteiger partial charge in [0, 0.05) is 12.2 Å². The van der Waals surface area contributed by atoms with Crippen LogP contribution in [0.4, 0.5) is 5.69 Å². The van der Waals surface area contributed by atoms with Gasteiger partial charge in [-0.05, 0) is 17.7 Å². The van der Waals surface area contributed by atoms with Crippen molar-refractivity contribution in [1.29, 1.82) is 0 Å². The predicted molar refractivity (Wildman–Crippen MR) is 58.8 cm³/mol. The van der Waals surface area contributed by atoms with Gasteiger partial charge in [-0.3, -0.25) is 4.72 Å². The van der Waals surface area contributed by atoms with Crippen LogP contribution in [0.15, 0.2) is 24.3 Å². The molecular formula is C9H14N2O3S. The highest BCUT2D eigenvalue weighted by atomic mass is 32.2. The topological polar surface area (TPSA) is 67.4 Å². The maximum atomic E-state index is 11.0. The van der Waals surface area contributed by atoms with Gasteiger partial charge in [0.2, 0.25) is 10.0 Å². The van der Waals surface area contributed by atoms with E-state index in [9.17, 15) is 8.42 Å². The summed E-state index contributed by atoms with van der Waals surface area (Å²) in [6.07, 6.45) is 1.12. The molecule has 0 unspecified atom stereocenters. The highest BCUT2D eigenvalue weighted by Gasteiger charge is 2.01. The molecule has 84 valence electrons. The van der Waals surface area contributed by atoms with Crippen molar-refractivity contribution in [3.05, 3.63) is 29.8 Å². The Morgan fingerprint density at radius 1 is 1.40 bits per heavy atom. The predicted octanol–water partition coefficient (Wildman–Crippen LogP) is 0.709. The van der Waals surface area contributed by atoms with Gasteiger partial charge >= 0.3 is 0 Å². The van der Waals surface area contributed by atoms with Crippen molar-refractivity contribution in [3.63, 3.8) is 0 Å². The van der Waals surface area contributed by atoms with Crippen LogP contribution in [-0.2, 0) is 21.4 Å². The van der Waals surface area contributed by atoms with Crippen molar-refractivity contribution in [2.24, 2.45) is 0 Å². The van der Waals surface area contributed by atoms with E-state index in [1.807, 2.05) is 6.07 Å². The van der Waals surface area contributed by atoms with Gasteiger partial charge < -0.3 is 4.84 Å². The lowest BCUT2D eigenvalue weighted by Gasteiger charge is -2.06. The Morgan fingerprint density at radius 3 is 2.73 bits per heavy atom. The Bertz CT molecular complexity index is 417. The summed E-state index contributed by atoms with van der Waals surface area (Å²) >= 11 is 0. The van der Waals surface area contributed by atoms with Crippen LogP contribution in [0.25, 0.3) is 0 Å². The molecule has 0 atom stereocenters. The van der Waals surface area contributed by atoms with Crippen LogP contribution in [0.2, 0.25) is 0 Å². The van der Waals surface area contributed by atoms with E-state index in [0.29, 0.717) is 12.2 Å². The third-order valence-electron chi connectivity index (χ3n) is 1.65. The Labute approximate surface area is 89.5 Å². The van der Waals surface area contributed by atoms with Crippen molar-refractivity contribution < 1.29 is 13.3 Å². The van der Waals surface area contributed by atoms with Gasteiger partial charge in [-0.1, -0.05) is 12.1 Å². The van der Waals surface area contributed by atoms with E-state index in [1.165, 1.54) is 7.11 Å². The number of anilines is 1. The Balaban J connectivity index is 2.74. The minimum atomic E-state index is -3.22. The minimum absolute atomic E-state index is 0.524. The molecule has 1 aromatic rings. The van der Waals surface area contributed by atoms with Gasteiger partial charge in [0.1, 0.15) is 0 Å². The van der Waals surface area contributed by atoms with Gasteiger partial charge in [0.05, 0.1) is 13.4 Å². The summed E-state index contributed by atoms with van der Waals surface area (Å²) in [5.74, 6) is 0. The zero-order chi connectivity index (χ0) is 11.3. The van der Waals surface area contributed by atoms with Crippen LogP contribution in [-0.4, -0.2) is 21.8 Å². The van der Waals surface area contributed by atoms with E-state index in [-0.39, 0.29) is 0 Å². The average Bonchev–Trinajstić information content (AvgIpc) is 2.12. The third kappa shape index (κ3) is 4.78. The first-order valence-electron chi connectivity index (χ1n) is 4.34. The molecule has 0 amide bonds. The van der Waals surface area contributed by atoms with Crippen molar-refractivity contribution in [2.75, 3.05) is 18.1 Å². The fraction of sp³-hybridized carbons (Fsp3) is 0.333. The Morgan fingerprint density at radius 2 is 2.13 bits per heavy atom. The summed E-state index contributed by atoms with van der Waals surface area (Å²) in [5.41, 5.74) is 4.16. The number of benzene rings is 1. The van der Waals surface area contributed by atoms with Crippen molar-refractivity contribution in [3.8, 4) is 0 Å². The molecular weight excluding hydrogens is 216 g/mol. The summed E-state index contributed by atoms with van der Waals surface area (Å²) < 4.78 is 24.4. The summed E-state index contributed by atoms with van der Waals surface area (Å²) in [6, 6.07) is 7.09. The third-order valence-corrected chi connectivity index (χ3v) is 2.26. The average molecular weight is 230 g/mol. The van der Waals surface area contributed by atoms with E-state index < -0.39 is 10.0 Å². The maximum Gasteiger partial charge on any atom is 0.229 e. The molecule has 2 N–H and O–H groups in total. The van der Waals surface area contributed by atoms with Crippen LogP contribution >= 0.6 is 0 Å². The zero-order valence-electron chi connectivity index (χ0n) is 8.65. The number of hydrogen-bond acceptors (Lipinski definition) is 4. The van der Waals surface area contributed by atoms with Crippen LogP contribution in [0.1, 0.15) is 5.56 Å². The molecule has 0 aromatic heterocycles. The zero-order valence-corrected chi connectivity index (χ0v) is 9.47. The van der Waals surface area contributed by atoms with Gasteiger partial charge in [-0.25, -0.2) is 8.42 Å². The molecule has 0 radical (unpaired) electrons. The van der Waals surface area contributed by atoms with Gasteiger partial charge in [-0.15, -0.1) is 0 Å². The second kappa shape index (κ2) is 5.11. The fourth-order valence-corrected chi connectivity index (χ4v) is 1.67. The quantitative estimate of drug-likeness (QED) is 0.731. The summed E-state index contributed by atoms with van der Waals surface area (Å²) in [7, 11) is -1.69. The molecule has 0 fully saturated rings. The molecule has 1 rings (SSSR count). The highest BCUT2D eigenvalue weighted by Crippen LogP contribution is 2.11. The monoisotopic (exact) mass is 230 g/mol.